The van der Waals surface area contributed by atoms with Crippen molar-refractivity contribution in [2.24, 2.45) is 0 Å². The zero-order valence-corrected chi connectivity index (χ0v) is 17.0. The Hall–Kier alpha value is -2.10. The van der Waals surface area contributed by atoms with E-state index >= 15 is 0 Å². The van der Waals surface area contributed by atoms with Crippen LogP contribution in [0.3, 0.4) is 0 Å². The third-order valence-electron chi connectivity index (χ3n) is 3.98. The largest absolute Gasteiger partial charge is 0.493 e. The van der Waals surface area contributed by atoms with Crippen molar-refractivity contribution in [3.05, 3.63) is 59.7 Å². The maximum Gasteiger partial charge on any atom is 0.335 e. The summed E-state index contributed by atoms with van der Waals surface area (Å²) in [6, 6.07) is 15.6. The molecule has 0 heterocycles. The van der Waals surface area contributed by atoms with Crippen LogP contribution in [0.2, 0.25) is 0 Å². The highest BCUT2D eigenvalue weighted by Crippen LogP contribution is 2.17. The molecular formula is C21H27O5P. The third kappa shape index (κ3) is 7.20. The Labute approximate surface area is 163 Å². The van der Waals surface area contributed by atoms with Crippen molar-refractivity contribution in [3.8, 4) is 11.5 Å². The molecule has 5 nitrogen and oxygen atoms in total. The van der Waals surface area contributed by atoms with Crippen LogP contribution in [0.5, 0.6) is 11.5 Å². The molecule has 27 heavy (non-hydrogen) atoms. The summed E-state index contributed by atoms with van der Waals surface area (Å²) in [6.07, 6.45) is 0.723. The monoisotopic (exact) mass is 390 g/mol. The summed E-state index contributed by atoms with van der Waals surface area (Å²) in [5.74, 6) is 1.29. The SMILES string of the molecule is CCOC(=O)[C@H](Cc1ccc(OCCc2ccc(OP)cc2)cc1)OCC. The van der Waals surface area contributed by atoms with E-state index in [-0.39, 0.29) is 5.97 Å². The van der Waals surface area contributed by atoms with Gasteiger partial charge in [-0.1, -0.05) is 24.3 Å². The molecule has 2 aromatic rings. The Morgan fingerprint density at radius 2 is 1.56 bits per heavy atom. The van der Waals surface area contributed by atoms with Crippen LogP contribution in [0.25, 0.3) is 0 Å². The minimum atomic E-state index is -0.574. The molecule has 0 aromatic heterocycles. The lowest BCUT2D eigenvalue weighted by molar-refractivity contribution is -0.156. The summed E-state index contributed by atoms with van der Waals surface area (Å²) < 4.78 is 21.4. The Kier molecular flexibility index (Phi) is 9.09. The first kappa shape index (κ1) is 21.2. The van der Waals surface area contributed by atoms with Gasteiger partial charge < -0.3 is 18.7 Å². The molecule has 0 fully saturated rings. The fraction of sp³-hybridized carbons (Fsp3) is 0.381. The second-order valence-electron chi connectivity index (χ2n) is 5.90. The molecule has 2 aromatic carbocycles. The quantitative estimate of drug-likeness (QED) is 0.429. The van der Waals surface area contributed by atoms with Crippen molar-refractivity contribution in [1.29, 1.82) is 0 Å². The lowest BCUT2D eigenvalue weighted by Crippen LogP contribution is -2.28. The van der Waals surface area contributed by atoms with Crippen molar-refractivity contribution in [3.63, 3.8) is 0 Å². The van der Waals surface area contributed by atoms with Gasteiger partial charge in [0.05, 0.1) is 22.7 Å². The minimum absolute atomic E-state index is 0.322. The van der Waals surface area contributed by atoms with Gasteiger partial charge in [-0.05, 0) is 49.2 Å². The molecule has 0 aliphatic heterocycles. The van der Waals surface area contributed by atoms with Gasteiger partial charge >= 0.3 is 5.97 Å². The van der Waals surface area contributed by atoms with Gasteiger partial charge in [0.1, 0.15) is 11.5 Å². The first-order valence-electron chi connectivity index (χ1n) is 9.11. The second kappa shape index (κ2) is 11.6. The van der Waals surface area contributed by atoms with E-state index in [1.807, 2.05) is 55.5 Å². The highest BCUT2D eigenvalue weighted by molar-refractivity contribution is 7.10. The molecule has 0 amide bonds. The molecule has 0 radical (unpaired) electrons. The Balaban J connectivity index is 1.83. The van der Waals surface area contributed by atoms with Crippen LogP contribution in [0.15, 0.2) is 48.5 Å². The van der Waals surface area contributed by atoms with E-state index in [0.717, 1.165) is 23.5 Å². The normalized spacial score (nSPS) is 11.7. The van der Waals surface area contributed by atoms with Crippen LogP contribution >= 0.6 is 9.47 Å². The summed E-state index contributed by atoms with van der Waals surface area (Å²) in [4.78, 5) is 11.9. The van der Waals surface area contributed by atoms with Gasteiger partial charge in [0.15, 0.2) is 6.10 Å². The Bertz CT molecular complexity index is 685. The maximum absolute atomic E-state index is 11.9. The molecule has 0 bridgehead atoms. The van der Waals surface area contributed by atoms with E-state index in [1.54, 1.807) is 6.92 Å². The number of hydrogen-bond acceptors (Lipinski definition) is 5. The first-order chi connectivity index (χ1) is 13.2. The highest BCUT2D eigenvalue weighted by atomic mass is 31.0. The van der Waals surface area contributed by atoms with E-state index in [1.165, 1.54) is 5.56 Å². The average Bonchev–Trinajstić information content (AvgIpc) is 2.69. The number of ether oxygens (including phenoxy) is 3. The molecule has 0 saturated carbocycles. The smallest absolute Gasteiger partial charge is 0.335 e. The minimum Gasteiger partial charge on any atom is -0.493 e. The standard InChI is InChI=1S/C21H27O5P/c1-3-23-20(21(22)24-4-2)15-17-7-9-18(10-8-17)25-14-13-16-5-11-19(26-27)12-6-16/h5-12,20H,3-4,13-15,27H2,1-2H3/t20-/m0/s1. The summed E-state index contributed by atoms with van der Waals surface area (Å²) >= 11 is 0. The summed E-state index contributed by atoms with van der Waals surface area (Å²) in [7, 11) is 2.23. The summed E-state index contributed by atoms with van der Waals surface area (Å²) in [6.45, 7) is 5.06. The molecule has 0 spiro atoms. The number of benzene rings is 2. The van der Waals surface area contributed by atoms with Gasteiger partial charge in [-0.3, -0.25) is 0 Å². The van der Waals surface area contributed by atoms with Gasteiger partial charge in [0.25, 0.3) is 0 Å². The predicted octanol–water partition coefficient (Wildman–Crippen LogP) is 3.99. The molecule has 2 atom stereocenters. The van der Waals surface area contributed by atoms with Crippen LogP contribution in [-0.4, -0.2) is 31.9 Å². The van der Waals surface area contributed by atoms with Crippen LogP contribution in [0.4, 0.5) is 0 Å². The van der Waals surface area contributed by atoms with Crippen molar-refractivity contribution in [2.45, 2.75) is 32.8 Å². The molecule has 1 unspecified atom stereocenters. The van der Waals surface area contributed by atoms with Crippen molar-refractivity contribution in [2.75, 3.05) is 19.8 Å². The molecule has 0 aliphatic rings. The molecular weight excluding hydrogens is 363 g/mol. The highest BCUT2D eigenvalue weighted by Gasteiger charge is 2.20. The van der Waals surface area contributed by atoms with Gasteiger partial charge in [-0.2, -0.15) is 0 Å². The number of rotatable bonds is 11. The molecule has 2 rings (SSSR count). The number of carbonyl (C=O) groups excluding carboxylic acids is 1. The molecule has 0 N–H and O–H groups in total. The number of hydrogen-bond donors (Lipinski definition) is 0. The van der Waals surface area contributed by atoms with Gasteiger partial charge in [-0.25, -0.2) is 4.79 Å². The topological polar surface area (TPSA) is 54.0 Å². The molecule has 6 heteroatoms. The number of carbonyl (C=O) groups is 1. The molecule has 0 saturated heterocycles. The lowest BCUT2D eigenvalue weighted by atomic mass is 10.1. The van der Waals surface area contributed by atoms with Gasteiger partial charge in [0.2, 0.25) is 0 Å². The van der Waals surface area contributed by atoms with Gasteiger partial charge in [-0.15, -0.1) is 0 Å². The Morgan fingerprint density at radius 3 is 2.15 bits per heavy atom. The van der Waals surface area contributed by atoms with Crippen molar-refractivity contribution >= 4 is 15.4 Å². The van der Waals surface area contributed by atoms with E-state index in [9.17, 15) is 4.79 Å². The van der Waals surface area contributed by atoms with Gasteiger partial charge in [0, 0.05) is 19.4 Å². The number of esters is 1. The average molecular weight is 390 g/mol. The summed E-state index contributed by atoms with van der Waals surface area (Å²) in [5.41, 5.74) is 2.19. The van der Waals surface area contributed by atoms with E-state index in [2.05, 4.69) is 9.47 Å². The van der Waals surface area contributed by atoms with Crippen LogP contribution in [-0.2, 0) is 27.1 Å². The zero-order valence-electron chi connectivity index (χ0n) is 15.9. The second-order valence-corrected chi connectivity index (χ2v) is 6.14. The van der Waals surface area contributed by atoms with Crippen LogP contribution in [0, 0.1) is 0 Å². The Morgan fingerprint density at radius 1 is 0.926 bits per heavy atom. The van der Waals surface area contributed by atoms with E-state index < -0.39 is 6.10 Å². The van der Waals surface area contributed by atoms with E-state index in [4.69, 9.17) is 18.7 Å². The first-order valence-corrected chi connectivity index (χ1v) is 9.59. The van der Waals surface area contributed by atoms with Crippen LogP contribution in [0.1, 0.15) is 25.0 Å². The van der Waals surface area contributed by atoms with Crippen molar-refractivity contribution in [1.82, 2.24) is 0 Å². The predicted molar refractivity (Wildman–Crippen MR) is 108 cm³/mol. The summed E-state index contributed by atoms with van der Waals surface area (Å²) in [5, 5.41) is 0. The fourth-order valence-corrected chi connectivity index (χ4v) is 2.76. The van der Waals surface area contributed by atoms with E-state index in [0.29, 0.717) is 26.2 Å². The van der Waals surface area contributed by atoms with Crippen molar-refractivity contribution < 1.29 is 23.5 Å². The fourth-order valence-electron chi connectivity index (χ4n) is 2.60. The maximum atomic E-state index is 11.9. The third-order valence-corrected chi connectivity index (χ3v) is 4.25. The lowest BCUT2D eigenvalue weighted by Gasteiger charge is -2.15. The van der Waals surface area contributed by atoms with Crippen LogP contribution < -0.4 is 9.26 Å². The molecule has 146 valence electrons. The zero-order chi connectivity index (χ0) is 19.5. The molecule has 0 aliphatic carbocycles.